The highest BCUT2D eigenvalue weighted by molar-refractivity contribution is 5.88. The molecule has 0 spiro atoms. The van der Waals surface area contributed by atoms with Gasteiger partial charge in [0.15, 0.2) is 5.78 Å². The van der Waals surface area contributed by atoms with E-state index in [0.29, 0.717) is 5.56 Å². The molecule has 1 saturated heterocycles. The molecule has 5 nitrogen and oxygen atoms in total. The molecule has 1 atom stereocenters. The van der Waals surface area contributed by atoms with Crippen molar-refractivity contribution in [2.75, 3.05) is 6.54 Å². The molecule has 22 heavy (non-hydrogen) atoms. The summed E-state index contributed by atoms with van der Waals surface area (Å²) in [5.74, 6) is -0.698. The van der Waals surface area contributed by atoms with Crippen LogP contribution in [0.5, 0.6) is 0 Å². The van der Waals surface area contributed by atoms with Crippen molar-refractivity contribution in [2.24, 2.45) is 0 Å². The molecule has 1 aliphatic heterocycles. The summed E-state index contributed by atoms with van der Waals surface area (Å²) >= 11 is 0. The van der Waals surface area contributed by atoms with Crippen molar-refractivity contribution in [3.05, 3.63) is 35.1 Å². The highest BCUT2D eigenvalue weighted by Gasteiger charge is 2.37. The number of carbonyl (C=O) groups excluding carboxylic acids is 2. The third kappa shape index (κ3) is 3.61. The molecular formula is C16H17FN2O3. The van der Waals surface area contributed by atoms with Crippen molar-refractivity contribution in [1.29, 1.82) is 5.26 Å². The molecule has 0 N–H and O–H groups in total. The molecule has 0 aromatic heterocycles. The number of likely N-dealkylation sites (tertiary alicyclic amines) is 1. The number of benzene rings is 1. The van der Waals surface area contributed by atoms with Gasteiger partial charge in [-0.3, -0.25) is 9.69 Å². The van der Waals surface area contributed by atoms with Crippen molar-refractivity contribution in [1.82, 2.24) is 4.90 Å². The first-order valence-electron chi connectivity index (χ1n) is 6.91. The molecule has 0 aliphatic carbocycles. The molecule has 1 unspecified atom stereocenters. The Balaban J connectivity index is 2.32. The molecule has 1 aromatic rings. The quantitative estimate of drug-likeness (QED) is 0.799. The Morgan fingerprint density at radius 1 is 1.41 bits per heavy atom. The highest BCUT2D eigenvalue weighted by atomic mass is 19.1. The molecule has 6 heteroatoms. The third-order valence-corrected chi connectivity index (χ3v) is 3.21. The second kappa shape index (κ2) is 5.76. The predicted molar refractivity (Wildman–Crippen MR) is 76.4 cm³/mol. The number of rotatable bonds is 1. The number of hydrogen-bond donors (Lipinski definition) is 0. The number of nitriles is 1. The molecule has 1 amide bonds. The summed E-state index contributed by atoms with van der Waals surface area (Å²) in [7, 11) is 0. The number of nitrogens with zero attached hydrogens (tertiary/aromatic N) is 2. The van der Waals surface area contributed by atoms with Gasteiger partial charge in [0.1, 0.15) is 11.4 Å². The van der Waals surface area contributed by atoms with Crippen molar-refractivity contribution in [3.8, 4) is 6.07 Å². The van der Waals surface area contributed by atoms with Gasteiger partial charge in [0, 0.05) is 6.42 Å². The Labute approximate surface area is 128 Å². The Bertz CT molecular complexity index is 658. The van der Waals surface area contributed by atoms with E-state index in [2.05, 4.69) is 0 Å². The summed E-state index contributed by atoms with van der Waals surface area (Å²) in [5.41, 5.74) is -0.112. The van der Waals surface area contributed by atoms with E-state index < -0.39 is 23.6 Å². The van der Waals surface area contributed by atoms with Gasteiger partial charge >= 0.3 is 6.09 Å². The average Bonchev–Trinajstić information content (AvgIpc) is 2.78. The minimum Gasteiger partial charge on any atom is -0.444 e. The molecule has 0 radical (unpaired) electrons. The van der Waals surface area contributed by atoms with E-state index in [1.807, 2.05) is 6.07 Å². The van der Waals surface area contributed by atoms with Crippen molar-refractivity contribution in [2.45, 2.75) is 38.8 Å². The lowest BCUT2D eigenvalue weighted by atomic mass is 10.0. The van der Waals surface area contributed by atoms with Gasteiger partial charge < -0.3 is 4.74 Å². The van der Waals surface area contributed by atoms with Crippen LogP contribution in [0.3, 0.4) is 0 Å². The lowest BCUT2D eigenvalue weighted by Gasteiger charge is -2.28. The SMILES string of the molecule is CC(C)(C)OC(=O)N1CC(=O)CC1c1cc(F)cc(C#N)c1. The van der Waals surface area contributed by atoms with Gasteiger partial charge in [-0.1, -0.05) is 0 Å². The Kier molecular flexibility index (Phi) is 4.18. The summed E-state index contributed by atoms with van der Waals surface area (Å²) in [5, 5.41) is 8.92. The minimum absolute atomic E-state index is 0.0714. The molecule has 1 fully saturated rings. The largest absolute Gasteiger partial charge is 0.444 e. The van der Waals surface area contributed by atoms with E-state index in [-0.39, 0.29) is 24.3 Å². The maximum absolute atomic E-state index is 13.6. The predicted octanol–water partition coefficient (Wildman–Crippen LogP) is 2.95. The topological polar surface area (TPSA) is 70.4 Å². The van der Waals surface area contributed by atoms with E-state index in [0.717, 1.165) is 6.07 Å². The van der Waals surface area contributed by atoms with Crippen LogP contribution in [0.2, 0.25) is 0 Å². The Morgan fingerprint density at radius 3 is 2.68 bits per heavy atom. The standard InChI is InChI=1S/C16H17FN2O3/c1-16(2,3)22-15(21)19-9-13(20)7-14(19)11-4-10(8-18)5-12(17)6-11/h4-6,14H,7,9H2,1-3H3. The van der Waals surface area contributed by atoms with Gasteiger partial charge in [0.2, 0.25) is 0 Å². The molecule has 1 heterocycles. The van der Waals surface area contributed by atoms with Crippen molar-refractivity contribution < 1.29 is 18.7 Å². The van der Waals surface area contributed by atoms with Gasteiger partial charge in [-0.15, -0.1) is 0 Å². The van der Waals surface area contributed by atoms with Crippen LogP contribution in [0.15, 0.2) is 18.2 Å². The monoisotopic (exact) mass is 304 g/mol. The van der Waals surface area contributed by atoms with Crippen LogP contribution >= 0.6 is 0 Å². The normalized spacial score (nSPS) is 18.2. The number of ether oxygens (including phenoxy) is 1. The fourth-order valence-corrected chi connectivity index (χ4v) is 2.37. The number of halogens is 1. The molecule has 1 aliphatic rings. The van der Waals surface area contributed by atoms with Crippen LogP contribution in [0.25, 0.3) is 0 Å². The first-order valence-corrected chi connectivity index (χ1v) is 6.91. The van der Waals surface area contributed by atoms with E-state index >= 15 is 0 Å². The van der Waals surface area contributed by atoms with Crippen LogP contribution in [-0.2, 0) is 9.53 Å². The molecule has 116 valence electrons. The summed E-state index contributed by atoms with van der Waals surface area (Å²) in [4.78, 5) is 25.2. The van der Waals surface area contributed by atoms with Gasteiger partial charge in [0.25, 0.3) is 0 Å². The first kappa shape index (κ1) is 16.0. The minimum atomic E-state index is -0.687. The van der Waals surface area contributed by atoms with Gasteiger partial charge in [-0.05, 0) is 44.5 Å². The lowest BCUT2D eigenvalue weighted by molar-refractivity contribution is -0.117. The fourth-order valence-electron chi connectivity index (χ4n) is 2.37. The average molecular weight is 304 g/mol. The van der Waals surface area contributed by atoms with Gasteiger partial charge in [0.05, 0.1) is 24.2 Å². The summed E-state index contributed by atoms with van der Waals surface area (Å²) in [6.07, 6.45) is -0.528. The molecule has 1 aromatic carbocycles. The van der Waals surface area contributed by atoms with Crippen LogP contribution in [0, 0.1) is 17.1 Å². The molecule has 2 rings (SSSR count). The number of carbonyl (C=O) groups is 2. The second-order valence-corrected chi connectivity index (χ2v) is 6.25. The second-order valence-electron chi connectivity index (χ2n) is 6.25. The zero-order valence-corrected chi connectivity index (χ0v) is 12.7. The van der Waals surface area contributed by atoms with Crippen LogP contribution in [0.4, 0.5) is 9.18 Å². The summed E-state index contributed by atoms with van der Waals surface area (Å²) in [6.45, 7) is 5.12. The number of ketones is 1. The first-order chi connectivity index (χ1) is 10.2. The molecule has 0 bridgehead atoms. The fraction of sp³-hybridized carbons (Fsp3) is 0.438. The zero-order chi connectivity index (χ0) is 16.5. The maximum Gasteiger partial charge on any atom is 0.411 e. The van der Waals surface area contributed by atoms with E-state index in [9.17, 15) is 14.0 Å². The summed E-state index contributed by atoms with van der Waals surface area (Å²) < 4.78 is 18.9. The Hall–Kier alpha value is -2.42. The summed E-state index contributed by atoms with van der Waals surface area (Å²) in [6, 6.07) is 5.10. The van der Waals surface area contributed by atoms with E-state index in [1.165, 1.54) is 17.0 Å². The molecule has 0 saturated carbocycles. The van der Waals surface area contributed by atoms with Gasteiger partial charge in [-0.2, -0.15) is 5.26 Å². The third-order valence-electron chi connectivity index (χ3n) is 3.21. The lowest BCUT2D eigenvalue weighted by Crippen LogP contribution is -2.36. The zero-order valence-electron chi connectivity index (χ0n) is 12.7. The molecular weight excluding hydrogens is 287 g/mol. The Morgan fingerprint density at radius 2 is 2.09 bits per heavy atom. The number of hydrogen-bond acceptors (Lipinski definition) is 4. The number of Topliss-reactive ketones (excluding diaryl/α,β-unsaturated/α-hetero) is 1. The van der Waals surface area contributed by atoms with Crippen molar-refractivity contribution in [3.63, 3.8) is 0 Å². The maximum atomic E-state index is 13.6. The van der Waals surface area contributed by atoms with Crippen molar-refractivity contribution >= 4 is 11.9 Å². The highest BCUT2D eigenvalue weighted by Crippen LogP contribution is 2.32. The van der Waals surface area contributed by atoms with E-state index in [4.69, 9.17) is 10.00 Å². The van der Waals surface area contributed by atoms with Gasteiger partial charge in [-0.25, -0.2) is 9.18 Å². The smallest absolute Gasteiger partial charge is 0.411 e. The number of amides is 1. The van der Waals surface area contributed by atoms with Crippen LogP contribution < -0.4 is 0 Å². The van der Waals surface area contributed by atoms with Crippen LogP contribution in [0.1, 0.15) is 44.4 Å². The van der Waals surface area contributed by atoms with E-state index in [1.54, 1.807) is 20.8 Å². The van der Waals surface area contributed by atoms with Crippen LogP contribution in [-0.4, -0.2) is 28.9 Å².